The molecule has 3 N–H and O–H groups in total. The van der Waals surface area contributed by atoms with Gasteiger partial charge in [0.25, 0.3) is 0 Å². The van der Waals surface area contributed by atoms with Crippen molar-refractivity contribution in [1.82, 2.24) is 9.97 Å². The van der Waals surface area contributed by atoms with Gasteiger partial charge in [0.1, 0.15) is 5.82 Å². The second kappa shape index (κ2) is 8.38. The molecule has 1 aromatic heterocycles. The van der Waals surface area contributed by atoms with Gasteiger partial charge in [-0.2, -0.15) is 0 Å². The summed E-state index contributed by atoms with van der Waals surface area (Å²) in [4.78, 5) is 8.54. The maximum Gasteiger partial charge on any atom is 0.144 e. The van der Waals surface area contributed by atoms with Gasteiger partial charge >= 0.3 is 0 Å². The summed E-state index contributed by atoms with van der Waals surface area (Å²) in [6.07, 6.45) is 4.37. The van der Waals surface area contributed by atoms with Crippen LogP contribution >= 0.6 is 11.6 Å². The average molecular weight is 293 g/mol. The monoisotopic (exact) mass is 292 g/mol. The minimum Gasteiger partial charge on any atom is -0.398 e. The van der Waals surface area contributed by atoms with Crippen LogP contribution in [0, 0.1) is 0 Å². The van der Waals surface area contributed by atoms with Gasteiger partial charge in [-0.25, -0.2) is 4.98 Å². The fourth-order valence-electron chi connectivity index (χ4n) is 1.55. The third-order valence-corrected chi connectivity index (χ3v) is 3.10. The van der Waals surface area contributed by atoms with Crippen molar-refractivity contribution in [3.8, 4) is 0 Å². The topological polar surface area (TPSA) is 63.8 Å². The lowest BCUT2D eigenvalue weighted by atomic mass is 10.2. The van der Waals surface area contributed by atoms with E-state index in [-0.39, 0.29) is 0 Å². The third kappa shape index (κ3) is 4.38. The van der Waals surface area contributed by atoms with E-state index in [9.17, 15) is 0 Å². The van der Waals surface area contributed by atoms with Crippen LogP contribution in [0.1, 0.15) is 32.0 Å². The van der Waals surface area contributed by atoms with Gasteiger partial charge in [-0.1, -0.05) is 44.5 Å². The molecule has 1 aromatic carbocycles. The van der Waals surface area contributed by atoms with E-state index in [0.717, 1.165) is 23.5 Å². The van der Waals surface area contributed by atoms with Crippen LogP contribution in [-0.4, -0.2) is 9.97 Å². The van der Waals surface area contributed by atoms with Gasteiger partial charge in [-0.15, -0.1) is 0 Å². The van der Waals surface area contributed by atoms with Gasteiger partial charge in [0, 0.05) is 6.54 Å². The first kappa shape index (κ1) is 16.2. The zero-order valence-electron chi connectivity index (χ0n) is 12.2. The van der Waals surface area contributed by atoms with Crippen LogP contribution in [0.2, 0.25) is 5.02 Å². The van der Waals surface area contributed by atoms with Gasteiger partial charge in [-0.3, -0.25) is 4.98 Å². The molecule has 0 aliphatic heterocycles. The molecule has 0 unspecified atom stereocenters. The van der Waals surface area contributed by atoms with Crippen molar-refractivity contribution in [2.45, 2.75) is 33.7 Å². The molecule has 2 rings (SSSR count). The predicted molar refractivity (Wildman–Crippen MR) is 85.9 cm³/mol. The van der Waals surface area contributed by atoms with E-state index >= 15 is 0 Å². The van der Waals surface area contributed by atoms with Crippen LogP contribution in [0.25, 0.3) is 0 Å². The second-order valence-corrected chi connectivity index (χ2v) is 4.30. The Morgan fingerprint density at radius 3 is 2.55 bits per heavy atom. The van der Waals surface area contributed by atoms with Crippen molar-refractivity contribution in [3.05, 3.63) is 46.9 Å². The van der Waals surface area contributed by atoms with Crippen molar-refractivity contribution >= 4 is 23.1 Å². The number of hydrogen-bond acceptors (Lipinski definition) is 4. The van der Waals surface area contributed by atoms with Gasteiger partial charge in [-0.05, 0) is 18.1 Å². The Morgan fingerprint density at radius 1 is 1.20 bits per heavy atom. The minimum absolute atomic E-state index is 0.573. The smallest absolute Gasteiger partial charge is 0.144 e. The highest BCUT2D eigenvalue weighted by Gasteiger charge is 2.03. The number of aromatic nitrogens is 2. The summed E-state index contributed by atoms with van der Waals surface area (Å²) in [5.74, 6) is 0.727. The first-order chi connectivity index (χ1) is 9.70. The highest BCUT2D eigenvalue weighted by atomic mass is 35.5. The number of nitrogens with two attached hydrogens (primary N) is 1. The van der Waals surface area contributed by atoms with Crippen molar-refractivity contribution in [2.75, 3.05) is 11.1 Å². The minimum atomic E-state index is 0.573. The third-order valence-electron chi connectivity index (χ3n) is 2.64. The van der Waals surface area contributed by atoms with Gasteiger partial charge in [0.05, 0.1) is 28.8 Å². The van der Waals surface area contributed by atoms with Crippen LogP contribution in [0.5, 0.6) is 0 Å². The van der Waals surface area contributed by atoms with Crippen LogP contribution in [0.3, 0.4) is 0 Å². The molecule has 0 amide bonds. The number of halogens is 1. The lowest BCUT2D eigenvalue weighted by molar-refractivity contribution is 0.988. The first-order valence-electron chi connectivity index (χ1n) is 6.78. The number of aryl methyl sites for hydroxylation is 1. The average Bonchev–Trinajstić information content (AvgIpc) is 2.51. The molecule has 0 aliphatic rings. The second-order valence-electron chi connectivity index (χ2n) is 3.92. The number of anilines is 2. The molecule has 0 radical (unpaired) electrons. The summed E-state index contributed by atoms with van der Waals surface area (Å²) >= 11 is 6.11. The molecule has 108 valence electrons. The van der Waals surface area contributed by atoms with Crippen molar-refractivity contribution < 1.29 is 0 Å². The molecular formula is C15H21ClN4. The van der Waals surface area contributed by atoms with Gasteiger partial charge in [0.2, 0.25) is 0 Å². The number of rotatable bonds is 4. The Kier molecular flexibility index (Phi) is 6.81. The molecule has 5 heteroatoms. The van der Waals surface area contributed by atoms with E-state index in [2.05, 4.69) is 15.3 Å². The molecule has 0 saturated carbocycles. The predicted octanol–water partition coefficient (Wildman–Crippen LogP) is 3.91. The van der Waals surface area contributed by atoms with Crippen molar-refractivity contribution in [2.24, 2.45) is 0 Å². The molecule has 0 aliphatic carbocycles. The SMILES string of the molecule is CC.CCc1cnc(NCc2cccc(N)c2Cl)cn1. The Balaban J connectivity index is 0.000000956. The quantitative estimate of drug-likeness (QED) is 0.839. The maximum atomic E-state index is 6.11. The standard InChI is InChI=1S/C13H15ClN4.C2H6/c1-2-10-7-18-12(8-16-10)17-6-9-4-3-5-11(15)13(9)14;1-2/h3-5,7-8H,2,6,15H2,1H3,(H,17,18);1-2H3. The lowest BCUT2D eigenvalue weighted by Gasteiger charge is -2.08. The summed E-state index contributed by atoms with van der Waals surface area (Å²) in [6, 6.07) is 5.59. The van der Waals surface area contributed by atoms with Crippen LogP contribution in [0.15, 0.2) is 30.6 Å². The van der Waals surface area contributed by atoms with Crippen LogP contribution in [0.4, 0.5) is 11.5 Å². The van der Waals surface area contributed by atoms with E-state index in [1.54, 1.807) is 18.5 Å². The number of nitrogen functional groups attached to an aromatic ring is 1. The largest absolute Gasteiger partial charge is 0.398 e. The molecule has 4 nitrogen and oxygen atoms in total. The zero-order valence-corrected chi connectivity index (χ0v) is 12.9. The number of hydrogen-bond donors (Lipinski definition) is 2. The summed E-state index contributed by atoms with van der Waals surface area (Å²) in [5.41, 5.74) is 8.24. The molecule has 0 atom stereocenters. The molecule has 20 heavy (non-hydrogen) atoms. The number of nitrogens with zero attached hydrogens (tertiary/aromatic N) is 2. The van der Waals surface area contributed by atoms with Crippen molar-refractivity contribution in [1.29, 1.82) is 0 Å². The number of benzene rings is 1. The summed E-state index contributed by atoms with van der Waals surface area (Å²) in [6.45, 7) is 6.62. The molecule has 2 aromatic rings. The Bertz CT molecular complexity index is 526. The lowest BCUT2D eigenvalue weighted by Crippen LogP contribution is -2.04. The normalized spacial score (nSPS) is 9.60. The molecular weight excluding hydrogens is 272 g/mol. The highest BCUT2D eigenvalue weighted by Crippen LogP contribution is 2.23. The molecule has 1 heterocycles. The van der Waals surface area contributed by atoms with E-state index in [1.807, 2.05) is 32.9 Å². The summed E-state index contributed by atoms with van der Waals surface area (Å²) < 4.78 is 0. The fourth-order valence-corrected chi connectivity index (χ4v) is 1.74. The number of nitrogens with one attached hydrogen (secondary N) is 1. The van der Waals surface area contributed by atoms with Gasteiger partial charge < -0.3 is 11.1 Å². The first-order valence-corrected chi connectivity index (χ1v) is 7.16. The van der Waals surface area contributed by atoms with E-state index in [1.165, 1.54) is 0 Å². The molecule has 0 saturated heterocycles. The molecule has 0 bridgehead atoms. The van der Waals surface area contributed by atoms with E-state index in [4.69, 9.17) is 17.3 Å². The Hall–Kier alpha value is -1.81. The zero-order chi connectivity index (χ0) is 15.0. The molecule has 0 spiro atoms. The highest BCUT2D eigenvalue weighted by molar-refractivity contribution is 6.33. The fraction of sp³-hybridized carbons (Fsp3) is 0.333. The van der Waals surface area contributed by atoms with Crippen LogP contribution in [-0.2, 0) is 13.0 Å². The van der Waals surface area contributed by atoms with E-state index < -0.39 is 0 Å². The van der Waals surface area contributed by atoms with E-state index in [0.29, 0.717) is 17.3 Å². The summed E-state index contributed by atoms with van der Waals surface area (Å²) in [7, 11) is 0. The Morgan fingerprint density at radius 2 is 1.95 bits per heavy atom. The van der Waals surface area contributed by atoms with Crippen LogP contribution < -0.4 is 11.1 Å². The summed E-state index contributed by atoms with van der Waals surface area (Å²) in [5, 5.41) is 3.75. The van der Waals surface area contributed by atoms with Gasteiger partial charge in [0.15, 0.2) is 0 Å². The maximum absolute atomic E-state index is 6.11. The van der Waals surface area contributed by atoms with Crippen molar-refractivity contribution in [3.63, 3.8) is 0 Å². The molecule has 0 fully saturated rings. The Labute approximate surface area is 125 Å².